The van der Waals surface area contributed by atoms with Crippen LogP contribution in [0.1, 0.15) is 25.0 Å². The summed E-state index contributed by atoms with van der Waals surface area (Å²) in [5.74, 6) is -0.505. The smallest absolute Gasteiger partial charge is 0.326 e. The van der Waals surface area contributed by atoms with Crippen LogP contribution in [0.2, 0.25) is 0 Å². The molecule has 0 aliphatic heterocycles. The van der Waals surface area contributed by atoms with E-state index in [0.717, 1.165) is 5.56 Å². The highest BCUT2D eigenvalue weighted by Gasteiger charge is 2.34. The van der Waals surface area contributed by atoms with Crippen molar-refractivity contribution < 1.29 is 9.53 Å². The number of ether oxygens (including phenoxy) is 1. The molecule has 0 saturated heterocycles. The van der Waals surface area contributed by atoms with Crippen molar-refractivity contribution in [2.24, 2.45) is 11.7 Å². The van der Waals surface area contributed by atoms with Gasteiger partial charge in [-0.2, -0.15) is 0 Å². The van der Waals surface area contributed by atoms with Crippen molar-refractivity contribution in [3.05, 3.63) is 41.5 Å². The second kappa shape index (κ2) is 5.83. The molecule has 0 fully saturated rings. The molecule has 0 aliphatic rings. The number of carbonyl (C=O) groups excluding carboxylic acids is 1. The Morgan fingerprint density at radius 2 is 1.94 bits per heavy atom. The molecule has 1 aromatic rings. The minimum Gasteiger partial charge on any atom is -0.468 e. The predicted octanol–water partition coefficient (Wildman–Crippen LogP) is 2.53. The van der Waals surface area contributed by atoms with E-state index >= 15 is 0 Å². The van der Waals surface area contributed by atoms with E-state index in [1.54, 1.807) is 6.92 Å². The Balaban J connectivity index is 2.78. The molecule has 0 spiro atoms. The molecule has 3 nitrogen and oxygen atoms in total. The molecular weight excluding hydrogens is 226 g/mol. The monoisotopic (exact) mass is 247 g/mol. The van der Waals surface area contributed by atoms with Crippen LogP contribution in [0.15, 0.2) is 30.3 Å². The first-order valence-corrected chi connectivity index (χ1v) is 6.00. The van der Waals surface area contributed by atoms with Crippen LogP contribution < -0.4 is 5.73 Å². The van der Waals surface area contributed by atoms with Gasteiger partial charge >= 0.3 is 5.97 Å². The van der Waals surface area contributed by atoms with Crippen LogP contribution in [0, 0.1) is 12.8 Å². The summed E-state index contributed by atoms with van der Waals surface area (Å²) in [4.78, 5) is 11.5. The first kappa shape index (κ1) is 14.5. The maximum absolute atomic E-state index is 11.5. The van der Waals surface area contributed by atoms with Crippen LogP contribution in [-0.2, 0) is 9.53 Å². The van der Waals surface area contributed by atoms with Crippen LogP contribution >= 0.6 is 0 Å². The number of benzene rings is 1. The van der Waals surface area contributed by atoms with E-state index in [0.29, 0.717) is 0 Å². The fourth-order valence-electron chi connectivity index (χ4n) is 1.54. The number of nitrogens with two attached hydrogens (primary N) is 1. The lowest BCUT2D eigenvalue weighted by molar-refractivity contribution is -0.147. The largest absolute Gasteiger partial charge is 0.468 e. The maximum atomic E-state index is 11.5. The Morgan fingerprint density at radius 1 is 1.39 bits per heavy atom. The highest BCUT2D eigenvalue weighted by Crippen LogP contribution is 2.18. The third kappa shape index (κ3) is 3.44. The minimum atomic E-state index is -1.00. The van der Waals surface area contributed by atoms with E-state index in [1.807, 2.05) is 50.3 Å². The van der Waals surface area contributed by atoms with Gasteiger partial charge in [0.1, 0.15) is 5.54 Å². The predicted molar refractivity (Wildman–Crippen MR) is 74.0 cm³/mol. The highest BCUT2D eigenvalue weighted by molar-refractivity contribution is 5.80. The third-order valence-corrected chi connectivity index (χ3v) is 3.23. The quantitative estimate of drug-likeness (QED) is 0.832. The van der Waals surface area contributed by atoms with E-state index in [1.165, 1.54) is 12.7 Å². The zero-order chi connectivity index (χ0) is 13.8. The molecule has 0 aromatic heterocycles. The summed E-state index contributed by atoms with van der Waals surface area (Å²) in [6.07, 6.45) is 3.90. The average molecular weight is 247 g/mol. The van der Waals surface area contributed by atoms with Gasteiger partial charge in [-0.05, 0) is 19.4 Å². The Morgan fingerprint density at radius 3 is 2.44 bits per heavy atom. The zero-order valence-electron chi connectivity index (χ0n) is 11.4. The molecule has 0 bridgehead atoms. The van der Waals surface area contributed by atoms with Crippen LogP contribution in [-0.4, -0.2) is 18.6 Å². The summed E-state index contributed by atoms with van der Waals surface area (Å²) in [5, 5.41) is 0. The van der Waals surface area contributed by atoms with E-state index < -0.39 is 11.5 Å². The molecule has 0 saturated carbocycles. The normalized spacial score (nSPS) is 16.3. The fraction of sp³-hybridized carbons (Fsp3) is 0.400. The molecular formula is C15H21NO2. The lowest BCUT2D eigenvalue weighted by Crippen LogP contribution is -2.50. The van der Waals surface area contributed by atoms with Gasteiger partial charge in [-0.15, -0.1) is 0 Å². The Labute approximate surface area is 109 Å². The van der Waals surface area contributed by atoms with Gasteiger partial charge in [0, 0.05) is 5.92 Å². The molecule has 18 heavy (non-hydrogen) atoms. The molecule has 2 N–H and O–H groups in total. The molecule has 0 aliphatic carbocycles. The summed E-state index contributed by atoms with van der Waals surface area (Å²) < 4.78 is 4.71. The zero-order valence-corrected chi connectivity index (χ0v) is 11.4. The second-order valence-corrected chi connectivity index (χ2v) is 4.83. The Kier molecular flexibility index (Phi) is 4.68. The summed E-state index contributed by atoms with van der Waals surface area (Å²) in [6.45, 7) is 5.63. The lowest BCUT2D eigenvalue weighted by atomic mass is 9.87. The molecule has 0 unspecified atom stereocenters. The van der Waals surface area contributed by atoms with Crippen LogP contribution in [0.4, 0.5) is 0 Å². The Hall–Kier alpha value is -1.61. The fourth-order valence-corrected chi connectivity index (χ4v) is 1.54. The van der Waals surface area contributed by atoms with Crippen molar-refractivity contribution in [3.63, 3.8) is 0 Å². The van der Waals surface area contributed by atoms with E-state index in [4.69, 9.17) is 10.5 Å². The number of rotatable bonds is 4. The topological polar surface area (TPSA) is 52.3 Å². The summed E-state index contributed by atoms with van der Waals surface area (Å²) >= 11 is 0. The first-order valence-electron chi connectivity index (χ1n) is 6.00. The number of hydrogen-bond donors (Lipinski definition) is 1. The number of methoxy groups -OCH3 is 1. The molecule has 2 atom stereocenters. The molecule has 3 heteroatoms. The summed E-state index contributed by atoms with van der Waals surface area (Å²) in [5.41, 5.74) is 7.28. The minimum absolute atomic E-state index is 0.105. The van der Waals surface area contributed by atoms with Gasteiger partial charge in [0.05, 0.1) is 7.11 Å². The molecule has 1 aromatic carbocycles. The van der Waals surface area contributed by atoms with Gasteiger partial charge in [-0.1, -0.05) is 48.9 Å². The van der Waals surface area contributed by atoms with Gasteiger partial charge in [0.25, 0.3) is 0 Å². The number of esters is 1. The van der Waals surface area contributed by atoms with E-state index in [-0.39, 0.29) is 5.92 Å². The third-order valence-electron chi connectivity index (χ3n) is 3.23. The lowest BCUT2D eigenvalue weighted by Gasteiger charge is -2.26. The molecule has 1 rings (SSSR count). The number of aryl methyl sites for hydroxylation is 1. The second-order valence-electron chi connectivity index (χ2n) is 4.83. The van der Waals surface area contributed by atoms with Gasteiger partial charge in [-0.3, -0.25) is 4.79 Å². The molecule has 0 radical (unpaired) electrons. The van der Waals surface area contributed by atoms with Crippen molar-refractivity contribution in [3.8, 4) is 0 Å². The summed E-state index contributed by atoms with van der Waals surface area (Å²) in [6, 6.07) is 8.16. The van der Waals surface area contributed by atoms with Crippen molar-refractivity contribution in [2.75, 3.05) is 7.11 Å². The average Bonchev–Trinajstić information content (AvgIpc) is 2.36. The first-order chi connectivity index (χ1) is 8.37. The molecule has 0 amide bonds. The van der Waals surface area contributed by atoms with Crippen LogP contribution in [0.25, 0.3) is 6.08 Å². The summed E-state index contributed by atoms with van der Waals surface area (Å²) in [7, 11) is 1.35. The van der Waals surface area contributed by atoms with Gasteiger partial charge in [-0.25, -0.2) is 0 Å². The van der Waals surface area contributed by atoms with E-state index in [2.05, 4.69) is 0 Å². The number of hydrogen-bond acceptors (Lipinski definition) is 3. The van der Waals surface area contributed by atoms with Crippen LogP contribution in [0.5, 0.6) is 0 Å². The molecule has 0 heterocycles. The Bertz CT molecular complexity index is 432. The van der Waals surface area contributed by atoms with Crippen molar-refractivity contribution in [2.45, 2.75) is 26.3 Å². The van der Waals surface area contributed by atoms with Crippen molar-refractivity contribution in [1.82, 2.24) is 0 Å². The standard InChI is InChI=1S/C15H21NO2/c1-11-5-8-13(9-6-11)10-7-12(2)15(3,16)14(17)18-4/h5-10,12H,16H2,1-4H3/b10-7+/t12-,15+/m1/s1. The molecule has 98 valence electrons. The van der Waals surface area contributed by atoms with Gasteiger partial charge < -0.3 is 10.5 Å². The number of carbonyl (C=O) groups is 1. The van der Waals surface area contributed by atoms with Gasteiger partial charge in [0.15, 0.2) is 0 Å². The maximum Gasteiger partial charge on any atom is 0.326 e. The SMILES string of the molecule is COC(=O)[C@@](C)(N)[C@H](C)/C=C/c1ccc(C)cc1. The van der Waals surface area contributed by atoms with E-state index in [9.17, 15) is 4.79 Å². The van der Waals surface area contributed by atoms with Gasteiger partial charge in [0.2, 0.25) is 0 Å². The van der Waals surface area contributed by atoms with Crippen molar-refractivity contribution >= 4 is 12.0 Å². The van der Waals surface area contributed by atoms with Crippen molar-refractivity contribution in [1.29, 1.82) is 0 Å². The highest BCUT2D eigenvalue weighted by atomic mass is 16.5. The van der Waals surface area contributed by atoms with Crippen LogP contribution in [0.3, 0.4) is 0 Å².